The van der Waals surface area contributed by atoms with Gasteiger partial charge in [-0.1, -0.05) is 72.4 Å². The van der Waals surface area contributed by atoms with E-state index in [-0.39, 0.29) is 5.41 Å². The van der Waals surface area contributed by atoms with Crippen molar-refractivity contribution in [2.45, 2.75) is 84.5 Å². The highest BCUT2D eigenvalue weighted by Crippen LogP contribution is 2.34. The van der Waals surface area contributed by atoms with Crippen LogP contribution >= 0.6 is 0 Å². The highest BCUT2D eigenvalue weighted by molar-refractivity contribution is 5.35. The number of benzene rings is 1. The molecule has 0 aliphatic rings. The summed E-state index contributed by atoms with van der Waals surface area (Å²) in [7, 11) is 0. The molecule has 1 aromatic heterocycles. The summed E-state index contributed by atoms with van der Waals surface area (Å²) in [6.45, 7) is 11.1. The quantitative estimate of drug-likeness (QED) is 0.485. The predicted octanol–water partition coefficient (Wildman–Crippen LogP) is 7.03. The third-order valence-electron chi connectivity index (χ3n) is 4.83. The molecule has 1 heterocycles. The molecule has 1 aromatic carbocycles. The van der Waals surface area contributed by atoms with Crippen molar-refractivity contribution in [3.05, 3.63) is 47.9 Å². The second kappa shape index (κ2) is 9.70. The number of unbranched alkanes of at least 4 members (excludes halogenated alkanes) is 2. The van der Waals surface area contributed by atoms with E-state index >= 15 is 0 Å². The number of aromatic nitrogens is 2. The Kier molecular flexibility index (Phi) is 7.62. The lowest BCUT2D eigenvalue weighted by Crippen LogP contribution is -2.10. The molecule has 3 nitrogen and oxygen atoms in total. The van der Waals surface area contributed by atoms with Crippen molar-refractivity contribution < 1.29 is 4.74 Å². The van der Waals surface area contributed by atoms with Crippen LogP contribution in [0.25, 0.3) is 0 Å². The van der Waals surface area contributed by atoms with Gasteiger partial charge in [-0.2, -0.15) is 0 Å². The summed E-state index contributed by atoms with van der Waals surface area (Å²) in [5.41, 5.74) is 2.45. The van der Waals surface area contributed by atoms with Gasteiger partial charge in [0.15, 0.2) is 0 Å². The fraction of sp³-hybridized carbons (Fsp3) is 0.565. The molecule has 0 bridgehead atoms. The molecule has 0 radical (unpaired) electrons. The molecule has 26 heavy (non-hydrogen) atoms. The summed E-state index contributed by atoms with van der Waals surface area (Å²) < 4.78 is 6.14. The molecule has 0 N–H and O–H groups in total. The van der Waals surface area contributed by atoms with Crippen LogP contribution in [0.1, 0.15) is 90.3 Å². The van der Waals surface area contributed by atoms with Crippen molar-refractivity contribution in [3.63, 3.8) is 0 Å². The molecule has 0 saturated carbocycles. The maximum Gasteiger partial charge on any atom is 0.241 e. The third-order valence-corrected chi connectivity index (χ3v) is 4.83. The average Bonchev–Trinajstić information content (AvgIpc) is 2.62. The molecule has 0 spiro atoms. The molecule has 0 aliphatic heterocycles. The van der Waals surface area contributed by atoms with Gasteiger partial charge in [0.05, 0.1) is 0 Å². The van der Waals surface area contributed by atoms with Gasteiger partial charge in [-0.15, -0.1) is 0 Å². The summed E-state index contributed by atoms with van der Waals surface area (Å²) >= 11 is 0. The first-order chi connectivity index (χ1) is 12.5. The van der Waals surface area contributed by atoms with Gasteiger partial charge in [0.25, 0.3) is 0 Å². The van der Waals surface area contributed by atoms with Crippen LogP contribution in [0.15, 0.2) is 36.7 Å². The second-order valence-corrected chi connectivity index (χ2v) is 8.10. The van der Waals surface area contributed by atoms with Crippen LogP contribution in [0.2, 0.25) is 0 Å². The number of rotatable bonds is 9. The van der Waals surface area contributed by atoms with Crippen LogP contribution in [0.4, 0.5) is 0 Å². The van der Waals surface area contributed by atoms with Crippen LogP contribution in [-0.2, 0) is 5.41 Å². The zero-order valence-corrected chi connectivity index (χ0v) is 17.1. The fourth-order valence-corrected chi connectivity index (χ4v) is 3.15. The topological polar surface area (TPSA) is 35.0 Å². The second-order valence-electron chi connectivity index (χ2n) is 8.10. The van der Waals surface area contributed by atoms with Crippen molar-refractivity contribution in [1.29, 1.82) is 0 Å². The van der Waals surface area contributed by atoms with Gasteiger partial charge in [0, 0.05) is 18.3 Å². The van der Waals surface area contributed by atoms with Gasteiger partial charge in [0.1, 0.15) is 11.4 Å². The molecule has 0 unspecified atom stereocenters. The van der Waals surface area contributed by atoms with E-state index in [1.54, 1.807) is 12.4 Å². The van der Waals surface area contributed by atoms with E-state index < -0.39 is 0 Å². The average molecular weight is 355 g/mol. The zero-order chi connectivity index (χ0) is 19.0. The Labute approximate surface area is 159 Å². The molecule has 2 aromatic rings. The number of hydrogen-bond acceptors (Lipinski definition) is 3. The van der Waals surface area contributed by atoms with E-state index in [4.69, 9.17) is 4.74 Å². The largest absolute Gasteiger partial charge is 0.437 e. The minimum absolute atomic E-state index is 0.141. The Balaban J connectivity index is 2.21. The Hall–Kier alpha value is -1.90. The molecule has 2 rings (SSSR count). The van der Waals surface area contributed by atoms with Gasteiger partial charge in [-0.25, -0.2) is 4.98 Å². The highest BCUT2D eigenvalue weighted by atomic mass is 16.5. The van der Waals surface area contributed by atoms with Crippen molar-refractivity contribution in [1.82, 2.24) is 9.97 Å². The molecule has 0 atom stereocenters. The summed E-state index contributed by atoms with van der Waals surface area (Å²) in [5, 5.41) is 0. The Morgan fingerprint density at radius 1 is 0.885 bits per heavy atom. The van der Waals surface area contributed by atoms with E-state index in [9.17, 15) is 0 Å². The first kappa shape index (κ1) is 20.4. The Morgan fingerprint density at radius 3 is 2.00 bits per heavy atom. The summed E-state index contributed by atoms with van der Waals surface area (Å²) in [6.07, 6.45) is 10.6. The predicted molar refractivity (Wildman–Crippen MR) is 109 cm³/mol. The molecule has 0 saturated heterocycles. The standard InChI is InChI=1S/C23H34N2O/c1-6-8-10-18(11-9-7-2)21-22(25-17-16-24-21)26-20-14-12-19(13-15-20)23(3,4)5/h12-18H,6-11H2,1-5H3. The summed E-state index contributed by atoms with van der Waals surface area (Å²) in [4.78, 5) is 9.15. The minimum atomic E-state index is 0.141. The maximum absolute atomic E-state index is 6.14. The van der Waals surface area contributed by atoms with Crippen molar-refractivity contribution in [2.75, 3.05) is 0 Å². The summed E-state index contributed by atoms with van der Waals surface area (Å²) in [5.74, 6) is 1.91. The van der Waals surface area contributed by atoms with Crippen molar-refractivity contribution in [3.8, 4) is 11.6 Å². The maximum atomic E-state index is 6.14. The lowest BCUT2D eigenvalue weighted by atomic mass is 9.87. The molecule has 0 amide bonds. The fourth-order valence-electron chi connectivity index (χ4n) is 3.15. The van der Waals surface area contributed by atoms with Gasteiger partial charge >= 0.3 is 0 Å². The molecular formula is C23H34N2O. The molecule has 142 valence electrons. The van der Waals surface area contributed by atoms with Gasteiger partial charge in [-0.05, 0) is 36.0 Å². The van der Waals surface area contributed by atoms with Gasteiger partial charge < -0.3 is 4.74 Å². The van der Waals surface area contributed by atoms with Crippen LogP contribution in [-0.4, -0.2) is 9.97 Å². The Bertz CT molecular complexity index is 651. The lowest BCUT2D eigenvalue weighted by Gasteiger charge is -2.20. The van der Waals surface area contributed by atoms with E-state index in [2.05, 4.69) is 56.7 Å². The van der Waals surface area contributed by atoms with E-state index in [1.807, 2.05) is 12.1 Å². The lowest BCUT2D eigenvalue weighted by molar-refractivity contribution is 0.428. The Morgan fingerprint density at radius 2 is 1.46 bits per heavy atom. The van der Waals surface area contributed by atoms with E-state index in [0.717, 1.165) is 24.3 Å². The van der Waals surface area contributed by atoms with Crippen molar-refractivity contribution >= 4 is 0 Å². The highest BCUT2D eigenvalue weighted by Gasteiger charge is 2.19. The third kappa shape index (κ3) is 5.82. The zero-order valence-electron chi connectivity index (χ0n) is 17.1. The smallest absolute Gasteiger partial charge is 0.241 e. The minimum Gasteiger partial charge on any atom is -0.437 e. The number of ether oxygens (including phenoxy) is 1. The van der Waals surface area contributed by atoms with E-state index in [0.29, 0.717) is 11.8 Å². The normalized spacial score (nSPS) is 11.8. The van der Waals surface area contributed by atoms with E-state index in [1.165, 1.54) is 31.2 Å². The summed E-state index contributed by atoms with van der Waals surface area (Å²) in [6, 6.07) is 8.34. The number of nitrogens with zero attached hydrogens (tertiary/aromatic N) is 2. The molecular weight excluding hydrogens is 320 g/mol. The molecule has 0 fully saturated rings. The van der Waals surface area contributed by atoms with Crippen LogP contribution in [0, 0.1) is 0 Å². The first-order valence-corrected chi connectivity index (χ1v) is 10.0. The monoisotopic (exact) mass is 354 g/mol. The SMILES string of the molecule is CCCCC(CCCC)c1nccnc1Oc1ccc(C(C)(C)C)cc1. The molecule has 0 aliphatic carbocycles. The first-order valence-electron chi connectivity index (χ1n) is 10.0. The van der Waals surface area contributed by atoms with Gasteiger partial charge in [-0.3, -0.25) is 4.98 Å². The van der Waals surface area contributed by atoms with Crippen LogP contribution in [0.5, 0.6) is 11.6 Å². The van der Waals surface area contributed by atoms with Crippen molar-refractivity contribution in [2.24, 2.45) is 0 Å². The van der Waals surface area contributed by atoms with Gasteiger partial charge in [0.2, 0.25) is 5.88 Å². The molecule has 3 heteroatoms. The number of hydrogen-bond donors (Lipinski definition) is 0. The van der Waals surface area contributed by atoms with Crippen LogP contribution < -0.4 is 4.74 Å². The van der Waals surface area contributed by atoms with Crippen LogP contribution in [0.3, 0.4) is 0 Å².